The number of carbonyl (C=O) groups excluding carboxylic acids is 1. The Bertz CT molecular complexity index is 126. The predicted molar refractivity (Wildman–Crippen MR) is 56.6 cm³/mol. The van der Waals surface area contributed by atoms with Crippen LogP contribution in [0.4, 0.5) is 0 Å². The van der Waals surface area contributed by atoms with Gasteiger partial charge in [-0.25, -0.2) is 0 Å². The Balaban J connectivity index is 3.75. The molecule has 1 nitrogen and oxygen atoms in total. The van der Waals surface area contributed by atoms with Gasteiger partial charge in [0.15, 0.2) is 6.29 Å². The minimum Gasteiger partial charge on any atom is -0.291 e. The van der Waals surface area contributed by atoms with E-state index >= 15 is 0 Å². The molecule has 0 aromatic rings. The fourth-order valence-electron chi connectivity index (χ4n) is 1.49. The van der Waals surface area contributed by atoms with E-state index in [1.807, 2.05) is 6.29 Å². The van der Waals surface area contributed by atoms with Gasteiger partial charge in [-0.05, 0) is 18.4 Å². The summed E-state index contributed by atoms with van der Waals surface area (Å²) in [4.78, 5) is 10.0. The van der Waals surface area contributed by atoms with Gasteiger partial charge in [-0.1, -0.05) is 33.0 Å². The molecule has 1 unspecified atom stereocenters. The van der Waals surface area contributed by atoms with Crippen molar-refractivity contribution in [3.05, 3.63) is 6.42 Å². The van der Waals surface area contributed by atoms with Gasteiger partial charge < -0.3 is 0 Å². The molecule has 1 atom stereocenters. The maximum atomic E-state index is 10.0. The van der Waals surface area contributed by atoms with Crippen molar-refractivity contribution in [3.8, 4) is 0 Å². The van der Waals surface area contributed by atoms with Crippen molar-refractivity contribution in [2.75, 3.05) is 0 Å². The Kier molecular flexibility index (Phi) is 5.47. The van der Waals surface area contributed by atoms with Crippen molar-refractivity contribution >= 4 is 14.4 Å². The van der Waals surface area contributed by atoms with Gasteiger partial charge in [0.2, 0.25) is 0 Å². The van der Waals surface area contributed by atoms with Crippen LogP contribution in [0.15, 0.2) is 0 Å². The fourth-order valence-corrected chi connectivity index (χ4v) is 3.56. The van der Waals surface area contributed by atoms with Crippen molar-refractivity contribution in [1.29, 1.82) is 0 Å². The first-order valence-electron chi connectivity index (χ1n) is 4.67. The van der Waals surface area contributed by atoms with E-state index in [1.54, 1.807) is 0 Å². The molecule has 0 bridgehead atoms. The van der Waals surface area contributed by atoms with Gasteiger partial charge in [-0.3, -0.25) is 4.79 Å². The molecule has 0 amide bonds. The summed E-state index contributed by atoms with van der Waals surface area (Å²) in [5.41, 5.74) is 0.755. The first kappa shape index (κ1) is 11.9. The standard InChI is InChI=1S/C10H20OSi/c1-5-10(12(2,3)4)8-6-7-9-11/h5,10H,6-8H2,1-4H3. The van der Waals surface area contributed by atoms with Crippen LogP contribution >= 0.6 is 0 Å². The molecular weight excluding hydrogens is 164 g/mol. The van der Waals surface area contributed by atoms with Gasteiger partial charge in [-0.2, -0.15) is 0 Å². The van der Waals surface area contributed by atoms with Gasteiger partial charge in [0.1, 0.15) is 0 Å². The Morgan fingerprint density at radius 1 is 1.42 bits per heavy atom. The van der Waals surface area contributed by atoms with Crippen molar-refractivity contribution in [1.82, 2.24) is 0 Å². The lowest BCUT2D eigenvalue weighted by Gasteiger charge is -2.27. The van der Waals surface area contributed by atoms with Gasteiger partial charge >= 0.3 is 0 Å². The lowest BCUT2D eigenvalue weighted by atomic mass is 10.1. The molecule has 0 fully saturated rings. The topological polar surface area (TPSA) is 17.1 Å². The highest BCUT2D eigenvalue weighted by molar-refractivity contribution is 6.77. The molecule has 2 radical (unpaired) electrons. The van der Waals surface area contributed by atoms with E-state index in [9.17, 15) is 4.79 Å². The number of rotatable bonds is 6. The van der Waals surface area contributed by atoms with Gasteiger partial charge in [0.25, 0.3) is 0 Å². The zero-order valence-electron chi connectivity index (χ0n) is 8.68. The molecule has 0 aromatic carbocycles. The van der Waals surface area contributed by atoms with Crippen molar-refractivity contribution in [2.24, 2.45) is 0 Å². The predicted octanol–water partition coefficient (Wildman–Crippen LogP) is 3.20. The summed E-state index contributed by atoms with van der Waals surface area (Å²) >= 11 is 0. The molecule has 0 spiro atoms. The van der Waals surface area contributed by atoms with Crippen LogP contribution in [0.3, 0.4) is 0 Å². The monoisotopic (exact) mass is 184 g/mol. The van der Waals surface area contributed by atoms with Gasteiger partial charge in [-0.15, -0.1) is 0 Å². The maximum absolute atomic E-state index is 10.0. The number of hydrogen-bond donors (Lipinski definition) is 0. The average Bonchev–Trinajstić information content (AvgIpc) is 1.95. The van der Waals surface area contributed by atoms with Crippen molar-refractivity contribution in [3.63, 3.8) is 0 Å². The highest BCUT2D eigenvalue weighted by atomic mass is 28.3. The minimum absolute atomic E-state index is 0.606. The summed E-state index contributed by atoms with van der Waals surface area (Å²) in [6.45, 7) is 9.26. The third kappa shape index (κ3) is 4.70. The molecule has 0 aromatic heterocycles. The van der Waals surface area contributed by atoms with Crippen LogP contribution in [-0.4, -0.2) is 14.4 Å². The highest BCUT2D eigenvalue weighted by Crippen LogP contribution is 2.29. The highest BCUT2D eigenvalue weighted by Gasteiger charge is 2.24. The molecular formula is C10H20OSi. The summed E-state index contributed by atoms with van der Waals surface area (Å²) in [6.07, 6.45) is 7.03. The van der Waals surface area contributed by atoms with Crippen LogP contribution in [0, 0.1) is 6.42 Å². The Morgan fingerprint density at radius 2 is 2.00 bits per heavy atom. The molecule has 0 saturated heterocycles. The largest absolute Gasteiger partial charge is 0.291 e. The fraction of sp³-hybridized carbons (Fsp3) is 0.800. The van der Waals surface area contributed by atoms with E-state index in [4.69, 9.17) is 0 Å². The van der Waals surface area contributed by atoms with Crippen LogP contribution in [-0.2, 0) is 4.79 Å². The second-order valence-corrected chi connectivity index (χ2v) is 9.82. The van der Waals surface area contributed by atoms with Crippen LogP contribution in [0.2, 0.25) is 25.2 Å². The molecule has 0 N–H and O–H groups in total. The molecule has 0 aliphatic carbocycles. The number of hydrogen-bond acceptors (Lipinski definition) is 1. The van der Waals surface area contributed by atoms with Crippen molar-refractivity contribution < 1.29 is 4.79 Å². The molecule has 0 aliphatic rings. The molecule has 0 rings (SSSR count). The van der Waals surface area contributed by atoms with Gasteiger partial charge in [0.05, 0.1) is 0 Å². The second-order valence-electron chi connectivity index (χ2n) is 4.34. The van der Waals surface area contributed by atoms with Crippen LogP contribution in [0.5, 0.6) is 0 Å². The smallest absolute Gasteiger partial charge is 0.198 e. The van der Waals surface area contributed by atoms with E-state index in [-0.39, 0.29) is 0 Å². The number of unbranched alkanes of at least 4 members (excludes halogenated alkanes) is 1. The Morgan fingerprint density at radius 3 is 2.33 bits per heavy atom. The van der Waals surface area contributed by atoms with Gasteiger partial charge in [0, 0.05) is 14.5 Å². The minimum atomic E-state index is -1.02. The SMILES string of the molecule is C[CH]C(CCC[C]=O)[Si](C)(C)C. The van der Waals surface area contributed by atoms with Crippen LogP contribution in [0.25, 0.3) is 0 Å². The Hall–Kier alpha value is -0.113. The van der Waals surface area contributed by atoms with E-state index in [2.05, 4.69) is 33.0 Å². The summed E-state index contributed by atoms with van der Waals surface area (Å²) in [5.74, 6) is 0. The van der Waals surface area contributed by atoms with E-state index < -0.39 is 8.07 Å². The van der Waals surface area contributed by atoms with E-state index in [0.717, 1.165) is 12.0 Å². The first-order valence-corrected chi connectivity index (χ1v) is 8.24. The van der Waals surface area contributed by atoms with Crippen molar-refractivity contribution in [2.45, 2.75) is 51.4 Å². The molecule has 70 valence electrons. The molecule has 2 heteroatoms. The Labute approximate surface area is 77.6 Å². The third-order valence-corrected chi connectivity index (χ3v) is 5.16. The summed E-state index contributed by atoms with van der Waals surface area (Å²) in [6, 6.07) is 0. The zero-order chi connectivity index (χ0) is 9.61. The summed E-state index contributed by atoms with van der Waals surface area (Å²) < 4.78 is 0. The summed E-state index contributed by atoms with van der Waals surface area (Å²) in [5, 5.41) is 0. The molecule has 0 heterocycles. The second kappa shape index (κ2) is 5.52. The third-order valence-electron chi connectivity index (χ3n) is 2.31. The van der Waals surface area contributed by atoms with E-state index in [0.29, 0.717) is 6.42 Å². The molecule has 0 saturated carbocycles. The molecule has 12 heavy (non-hydrogen) atoms. The molecule has 0 aliphatic heterocycles. The zero-order valence-corrected chi connectivity index (χ0v) is 9.68. The first-order chi connectivity index (χ1) is 5.52. The van der Waals surface area contributed by atoms with Crippen LogP contribution in [0.1, 0.15) is 26.2 Å². The lowest BCUT2D eigenvalue weighted by molar-refractivity contribution is 0.546. The van der Waals surface area contributed by atoms with E-state index in [1.165, 1.54) is 6.42 Å². The maximum Gasteiger partial charge on any atom is 0.198 e. The van der Waals surface area contributed by atoms with Crippen LogP contribution < -0.4 is 0 Å². The lowest BCUT2D eigenvalue weighted by Crippen LogP contribution is -2.27. The quantitative estimate of drug-likeness (QED) is 0.457. The normalized spacial score (nSPS) is 14.3. The summed E-state index contributed by atoms with van der Waals surface area (Å²) in [7, 11) is -1.02. The average molecular weight is 184 g/mol.